The van der Waals surface area contributed by atoms with E-state index in [-0.39, 0.29) is 5.56 Å². The highest BCUT2D eigenvalue weighted by molar-refractivity contribution is 5.44. The molecule has 5 heteroatoms. The van der Waals surface area contributed by atoms with E-state index in [0.717, 1.165) is 37.9 Å². The summed E-state index contributed by atoms with van der Waals surface area (Å²) in [5.41, 5.74) is -0.0381. The van der Waals surface area contributed by atoms with Crippen LogP contribution in [0.3, 0.4) is 0 Å². The summed E-state index contributed by atoms with van der Waals surface area (Å²) in [6.07, 6.45) is 4.79. The topological polar surface area (TPSA) is 52.2 Å². The van der Waals surface area contributed by atoms with E-state index in [0.29, 0.717) is 0 Å². The molecule has 2 fully saturated rings. The third kappa shape index (κ3) is 2.14. The van der Waals surface area contributed by atoms with Crippen LogP contribution in [-0.4, -0.2) is 36.1 Å². The lowest BCUT2D eigenvalue weighted by Gasteiger charge is -2.20. The monoisotopic (exact) mass is 234 g/mol. The molecule has 0 radical (unpaired) electrons. The fourth-order valence-electron chi connectivity index (χ4n) is 2.62. The van der Waals surface area contributed by atoms with Gasteiger partial charge in [-0.25, -0.2) is 0 Å². The van der Waals surface area contributed by atoms with Gasteiger partial charge in [-0.2, -0.15) is 4.98 Å². The number of hydrogen-bond donors (Lipinski definition) is 1. The Bertz CT molecular complexity index is 407. The van der Waals surface area contributed by atoms with Gasteiger partial charge in [0.05, 0.1) is 0 Å². The highest BCUT2D eigenvalue weighted by atomic mass is 16.1. The lowest BCUT2D eigenvalue weighted by molar-refractivity contribution is 0.863. The molecule has 0 amide bonds. The second kappa shape index (κ2) is 4.39. The molecule has 0 aromatic carbocycles. The van der Waals surface area contributed by atoms with E-state index in [1.54, 1.807) is 6.07 Å². The van der Waals surface area contributed by atoms with Crippen molar-refractivity contribution in [2.24, 2.45) is 0 Å². The zero-order valence-corrected chi connectivity index (χ0v) is 9.98. The van der Waals surface area contributed by atoms with Crippen LogP contribution >= 0.6 is 0 Å². The second-order valence-corrected chi connectivity index (χ2v) is 4.82. The Morgan fingerprint density at radius 1 is 1.00 bits per heavy atom. The SMILES string of the molecule is O=c1cc(N2CCCC2)nc(N2CCCC2)[nH]1. The lowest BCUT2D eigenvalue weighted by atomic mass is 10.4. The summed E-state index contributed by atoms with van der Waals surface area (Å²) in [6, 6.07) is 1.62. The van der Waals surface area contributed by atoms with Crippen LogP contribution in [0, 0.1) is 0 Å². The van der Waals surface area contributed by atoms with Crippen LogP contribution in [0.5, 0.6) is 0 Å². The first-order valence-electron chi connectivity index (χ1n) is 6.44. The lowest BCUT2D eigenvalue weighted by Crippen LogP contribution is -2.27. The van der Waals surface area contributed by atoms with E-state index in [1.165, 1.54) is 25.7 Å². The molecule has 0 aliphatic carbocycles. The molecule has 0 atom stereocenters. The number of nitrogens with one attached hydrogen (secondary N) is 1. The zero-order chi connectivity index (χ0) is 11.7. The van der Waals surface area contributed by atoms with E-state index >= 15 is 0 Å². The molecule has 0 saturated carbocycles. The maximum Gasteiger partial charge on any atom is 0.254 e. The minimum Gasteiger partial charge on any atom is -0.356 e. The van der Waals surface area contributed by atoms with Gasteiger partial charge in [0.15, 0.2) is 0 Å². The van der Waals surface area contributed by atoms with Gasteiger partial charge in [0, 0.05) is 32.2 Å². The molecule has 3 heterocycles. The maximum atomic E-state index is 11.7. The molecule has 92 valence electrons. The van der Waals surface area contributed by atoms with Gasteiger partial charge in [0.25, 0.3) is 5.56 Å². The molecular formula is C12H18N4O. The van der Waals surface area contributed by atoms with E-state index in [1.807, 2.05) is 0 Å². The molecule has 17 heavy (non-hydrogen) atoms. The summed E-state index contributed by atoms with van der Waals surface area (Å²) >= 11 is 0. The molecule has 2 saturated heterocycles. The molecule has 3 rings (SSSR count). The Kier molecular flexibility index (Phi) is 2.74. The van der Waals surface area contributed by atoms with Gasteiger partial charge in [-0.15, -0.1) is 0 Å². The van der Waals surface area contributed by atoms with Gasteiger partial charge in [-0.3, -0.25) is 9.78 Å². The van der Waals surface area contributed by atoms with E-state index in [4.69, 9.17) is 0 Å². The zero-order valence-electron chi connectivity index (χ0n) is 9.98. The summed E-state index contributed by atoms with van der Waals surface area (Å²) in [5, 5.41) is 0. The Hall–Kier alpha value is -1.52. The quantitative estimate of drug-likeness (QED) is 0.828. The van der Waals surface area contributed by atoms with Crippen molar-refractivity contribution in [2.75, 3.05) is 36.0 Å². The molecule has 1 aromatic heterocycles. The predicted octanol–water partition coefficient (Wildman–Crippen LogP) is 0.970. The van der Waals surface area contributed by atoms with Crippen molar-refractivity contribution >= 4 is 11.8 Å². The van der Waals surface area contributed by atoms with E-state index in [2.05, 4.69) is 19.8 Å². The average molecular weight is 234 g/mol. The molecular weight excluding hydrogens is 216 g/mol. The summed E-state index contributed by atoms with van der Waals surface area (Å²) in [7, 11) is 0. The summed E-state index contributed by atoms with van der Waals surface area (Å²) in [5.74, 6) is 1.59. The van der Waals surface area contributed by atoms with Crippen LogP contribution in [-0.2, 0) is 0 Å². The van der Waals surface area contributed by atoms with E-state index in [9.17, 15) is 4.79 Å². The number of hydrogen-bond acceptors (Lipinski definition) is 4. The third-order valence-electron chi connectivity index (χ3n) is 3.55. The first kappa shape index (κ1) is 10.6. The first-order chi connectivity index (χ1) is 8.33. The molecule has 0 bridgehead atoms. The van der Waals surface area contributed by atoms with Crippen molar-refractivity contribution in [1.29, 1.82) is 0 Å². The molecule has 1 aromatic rings. The van der Waals surface area contributed by atoms with Crippen molar-refractivity contribution in [3.63, 3.8) is 0 Å². The van der Waals surface area contributed by atoms with Gasteiger partial charge >= 0.3 is 0 Å². The first-order valence-corrected chi connectivity index (χ1v) is 6.44. The highest BCUT2D eigenvalue weighted by Crippen LogP contribution is 2.20. The van der Waals surface area contributed by atoms with Crippen molar-refractivity contribution in [3.05, 3.63) is 16.4 Å². The van der Waals surface area contributed by atoms with Crippen LogP contribution in [0.4, 0.5) is 11.8 Å². The number of anilines is 2. The Morgan fingerprint density at radius 2 is 1.59 bits per heavy atom. The summed E-state index contributed by atoms with van der Waals surface area (Å²) in [4.78, 5) is 23.5. The van der Waals surface area contributed by atoms with Crippen LogP contribution < -0.4 is 15.4 Å². The number of aromatic nitrogens is 2. The minimum atomic E-state index is -0.0381. The van der Waals surface area contributed by atoms with Crippen LogP contribution in [0.25, 0.3) is 0 Å². The van der Waals surface area contributed by atoms with Crippen LogP contribution in [0.2, 0.25) is 0 Å². The summed E-state index contributed by atoms with van der Waals surface area (Å²) < 4.78 is 0. The van der Waals surface area contributed by atoms with Crippen LogP contribution in [0.1, 0.15) is 25.7 Å². The van der Waals surface area contributed by atoms with Crippen molar-refractivity contribution in [3.8, 4) is 0 Å². The number of H-pyrrole nitrogens is 1. The molecule has 0 unspecified atom stereocenters. The second-order valence-electron chi connectivity index (χ2n) is 4.82. The normalized spacial score (nSPS) is 20.2. The smallest absolute Gasteiger partial charge is 0.254 e. The van der Waals surface area contributed by atoms with Crippen LogP contribution in [0.15, 0.2) is 10.9 Å². The molecule has 5 nitrogen and oxygen atoms in total. The Morgan fingerprint density at radius 3 is 2.24 bits per heavy atom. The van der Waals surface area contributed by atoms with Gasteiger partial charge in [-0.05, 0) is 25.7 Å². The highest BCUT2D eigenvalue weighted by Gasteiger charge is 2.18. The van der Waals surface area contributed by atoms with Crippen molar-refractivity contribution in [1.82, 2.24) is 9.97 Å². The summed E-state index contributed by atoms with van der Waals surface area (Å²) in [6.45, 7) is 4.06. The van der Waals surface area contributed by atoms with Crippen molar-refractivity contribution in [2.45, 2.75) is 25.7 Å². The standard InChI is InChI=1S/C12H18N4O/c17-11-9-10(15-5-1-2-6-15)13-12(14-11)16-7-3-4-8-16/h9H,1-8H2,(H,13,14,17). The maximum absolute atomic E-state index is 11.7. The van der Waals surface area contributed by atoms with Crippen molar-refractivity contribution < 1.29 is 0 Å². The Balaban J connectivity index is 1.91. The fraction of sp³-hybridized carbons (Fsp3) is 0.667. The number of aromatic amines is 1. The minimum absolute atomic E-state index is 0.0381. The third-order valence-corrected chi connectivity index (χ3v) is 3.55. The number of rotatable bonds is 2. The fourth-order valence-corrected chi connectivity index (χ4v) is 2.62. The Labute approximate surface area is 100 Å². The number of nitrogens with zero attached hydrogens (tertiary/aromatic N) is 3. The molecule has 1 N–H and O–H groups in total. The average Bonchev–Trinajstić information content (AvgIpc) is 3.02. The largest absolute Gasteiger partial charge is 0.356 e. The van der Waals surface area contributed by atoms with Gasteiger partial charge in [-0.1, -0.05) is 0 Å². The molecule has 0 spiro atoms. The van der Waals surface area contributed by atoms with Gasteiger partial charge in [0.1, 0.15) is 5.82 Å². The van der Waals surface area contributed by atoms with E-state index < -0.39 is 0 Å². The van der Waals surface area contributed by atoms with Gasteiger partial charge < -0.3 is 9.80 Å². The predicted molar refractivity (Wildman–Crippen MR) is 67.8 cm³/mol. The molecule has 2 aliphatic rings. The molecule has 2 aliphatic heterocycles. The van der Waals surface area contributed by atoms with Gasteiger partial charge in [0.2, 0.25) is 5.95 Å².